The third-order valence-electron chi connectivity index (χ3n) is 5.93. The van der Waals surface area contributed by atoms with E-state index in [0.29, 0.717) is 29.8 Å². The Kier molecular flexibility index (Phi) is 6.59. The van der Waals surface area contributed by atoms with Gasteiger partial charge in [0.15, 0.2) is 6.61 Å². The van der Waals surface area contributed by atoms with Gasteiger partial charge < -0.3 is 19.8 Å². The number of ether oxygens (including phenoxy) is 2. The Morgan fingerprint density at radius 1 is 1.13 bits per heavy atom. The lowest BCUT2D eigenvalue weighted by molar-refractivity contribution is -0.124. The van der Waals surface area contributed by atoms with Crippen LogP contribution in [0.15, 0.2) is 30.3 Å². The molecule has 1 aliphatic rings. The first-order chi connectivity index (χ1) is 14.4. The highest BCUT2D eigenvalue weighted by Gasteiger charge is 2.38. The first-order valence-corrected chi connectivity index (χ1v) is 10.2. The molecule has 1 amide bonds. The van der Waals surface area contributed by atoms with Crippen LogP contribution in [0.4, 0.5) is 0 Å². The summed E-state index contributed by atoms with van der Waals surface area (Å²) in [5.41, 5.74) is 2.75. The summed E-state index contributed by atoms with van der Waals surface area (Å²) in [5, 5.41) is 2.90. The number of rotatable bonds is 8. The van der Waals surface area contributed by atoms with Gasteiger partial charge in [0, 0.05) is 17.7 Å². The van der Waals surface area contributed by atoms with Crippen molar-refractivity contribution in [3.63, 3.8) is 0 Å². The summed E-state index contributed by atoms with van der Waals surface area (Å²) in [6.07, 6.45) is 3.71. The van der Waals surface area contributed by atoms with E-state index in [1.165, 1.54) is 12.7 Å². The monoisotopic (exact) mass is 412 g/mol. The van der Waals surface area contributed by atoms with Crippen LogP contribution in [0.1, 0.15) is 63.9 Å². The molecule has 0 saturated heterocycles. The third-order valence-corrected chi connectivity index (χ3v) is 5.93. The number of H-pyrrole nitrogens is 1. The molecule has 3 rings (SSSR count). The smallest absolute Gasteiger partial charge is 0.355 e. The minimum atomic E-state index is -0.672. The summed E-state index contributed by atoms with van der Waals surface area (Å²) >= 11 is 0. The quantitative estimate of drug-likeness (QED) is 0.650. The minimum Gasteiger partial charge on any atom is -0.465 e. The van der Waals surface area contributed by atoms with E-state index < -0.39 is 11.9 Å². The molecule has 30 heavy (non-hydrogen) atoms. The summed E-state index contributed by atoms with van der Waals surface area (Å²) in [6.45, 7) is 3.65. The lowest BCUT2D eigenvalue weighted by Gasteiger charge is -2.42. The van der Waals surface area contributed by atoms with Crippen molar-refractivity contribution in [2.45, 2.75) is 44.9 Å². The van der Waals surface area contributed by atoms with Crippen molar-refractivity contribution < 1.29 is 23.9 Å². The first kappa shape index (κ1) is 21.6. The zero-order chi connectivity index (χ0) is 21.7. The molecule has 0 atom stereocenters. The van der Waals surface area contributed by atoms with Gasteiger partial charge in [0.05, 0.1) is 12.7 Å². The van der Waals surface area contributed by atoms with Gasteiger partial charge in [-0.15, -0.1) is 0 Å². The average Bonchev–Trinajstić information content (AvgIpc) is 3.07. The molecule has 7 nitrogen and oxygen atoms in total. The van der Waals surface area contributed by atoms with Crippen LogP contribution < -0.4 is 5.32 Å². The van der Waals surface area contributed by atoms with Gasteiger partial charge in [0.2, 0.25) is 0 Å². The number of benzene rings is 1. The molecule has 7 heteroatoms. The maximum absolute atomic E-state index is 12.5. The van der Waals surface area contributed by atoms with E-state index in [9.17, 15) is 14.4 Å². The highest BCUT2D eigenvalue weighted by atomic mass is 16.5. The SMILES string of the molecule is CCc1[nH]c(C(=O)OCC(=O)NCC2(c3ccccc3)CCC2)c(C)c1C(=O)OC. The van der Waals surface area contributed by atoms with Crippen molar-refractivity contribution in [2.24, 2.45) is 0 Å². The molecule has 0 aliphatic heterocycles. The number of aromatic amines is 1. The number of hydrogen-bond acceptors (Lipinski definition) is 5. The van der Waals surface area contributed by atoms with Crippen molar-refractivity contribution >= 4 is 17.8 Å². The number of esters is 2. The van der Waals surface area contributed by atoms with Crippen molar-refractivity contribution in [2.75, 3.05) is 20.3 Å². The number of nitrogens with one attached hydrogen (secondary N) is 2. The Labute approximate surface area is 176 Å². The van der Waals surface area contributed by atoms with Gasteiger partial charge >= 0.3 is 11.9 Å². The van der Waals surface area contributed by atoms with Gasteiger partial charge in [-0.3, -0.25) is 4.79 Å². The van der Waals surface area contributed by atoms with Crippen LogP contribution in [-0.2, 0) is 26.1 Å². The van der Waals surface area contributed by atoms with E-state index in [0.717, 1.165) is 19.3 Å². The molecule has 2 aromatic rings. The highest BCUT2D eigenvalue weighted by molar-refractivity contribution is 5.99. The number of carbonyl (C=O) groups is 3. The van der Waals surface area contributed by atoms with Crippen molar-refractivity contribution in [1.82, 2.24) is 10.3 Å². The molecule has 0 spiro atoms. The number of aryl methyl sites for hydroxylation is 1. The van der Waals surface area contributed by atoms with E-state index in [2.05, 4.69) is 22.4 Å². The number of amides is 1. The highest BCUT2D eigenvalue weighted by Crippen LogP contribution is 2.43. The summed E-state index contributed by atoms with van der Waals surface area (Å²) in [5.74, 6) is -1.53. The molecule has 1 heterocycles. The van der Waals surface area contributed by atoms with Crippen LogP contribution in [0.25, 0.3) is 0 Å². The van der Waals surface area contributed by atoms with Gasteiger partial charge in [-0.2, -0.15) is 0 Å². The molecule has 1 aromatic heterocycles. The first-order valence-electron chi connectivity index (χ1n) is 10.2. The zero-order valence-electron chi connectivity index (χ0n) is 17.7. The van der Waals surface area contributed by atoms with Crippen LogP contribution in [0.3, 0.4) is 0 Å². The fraction of sp³-hybridized carbons (Fsp3) is 0.435. The molecule has 1 aliphatic carbocycles. The maximum Gasteiger partial charge on any atom is 0.355 e. The van der Waals surface area contributed by atoms with Crippen LogP contribution in [-0.4, -0.2) is 43.1 Å². The van der Waals surface area contributed by atoms with Crippen LogP contribution >= 0.6 is 0 Å². The second-order valence-corrected chi connectivity index (χ2v) is 7.68. The Balaban J connectivity index is 1.58. The Hall–Kier alpha value is -3.09. The second-order valence-electron chi connectivity index (χ2n) is 7.68. The van der Waals surface area contributed by atoms with Crippen LogP contribution in [0.2, 0.25) is 0 Å². The molecule has 2 N–H and O–H groups in total. The van der Waals surface area contributed by atoms with Gasteiger partial charge in [-0.05, 0) is 37.3 Å². The third kappa shape index (κ3) is 4.25. The number of aromatic nitrogens is 1. The van der Waals surface area contributed by atoms with E-state index in [-0.39, 0.29) is 23.6 Å². The number of hydrogen-bond donors (Lipinski definition) is 2. The van der Waals surface area contributed by atoms with E-state index in [1.54, 1.807) is 6.92 Å². The van der Waals surface area contributed by atoms with E-state index >= 15 is 0 Å². The summed E-state index contributed by atoms with van der Waals surface area (Å²) in [7, 11) is 1.29. The number of carbonyl (C=O) groups excluding carboxylic acids is 3. The van der Waals surface area contributed by atoms with E-state index in [4.69, 9.17) is 9.47 Å². The molecule has 0 unspecified atom stereocenters. The van der Waals surface area contributed by atoms with Gasteiger partial charge in [0.25, 0.3) is 5.91 Å². The molecule has 160 valence electrons. The molecule has 1 aromatic carbocycles. The molecule has 1 fully saturated rings. The normalized spacial score (nSPS) is 14.5. The van der Waals surface area contributed by atoms with Crippen LogP contribution in [0.5, 0.6) is 0 Å². The predicted molar refractivity (Wildman–Crippen MR) is 112 cm³/mol. The lowest BCUT2D eigenvalue weighted by atomic mass is 9.64. The van der Waals surface area contributed by atoms with E-state index in [1.807, 2.05) is 25.1 Å². The average molecular weight is 412 g/mol. The topological polar surface area (TPSA) is 97.5 Å². The largest absolute Gasteiger partial charge is 0.465 e. The van der Waals surface area contributed by atoms with Crippen molar-refractivity contribution in [3.05, 3.63) is 58.4 Å². The second kappa shape index (κ2) is 9.15. The fourth-order valence-corrected chi connectivity index (χ4v) is 3.99. The summed E-state index contributed by atoms with van der Waals surface area (Å²) in [6, 6.07) is 10.2. The Bertz CT molecular complexity index is 929. The van der Waals surface area contributed by atoms with Crippen molar-refractivity contribution in [3.8, 4) is 0 Å². The Morgan fingerprint density at radius 3 is 2.40 bits per heavy atom. The Morgan fingerprint density at radius 2 is 1.83 bits per heavy atom. The van der Waals surface area contributed by atoms with Gasteiger partial charge in [-0.1, -0.05) is 43.7 Å². The predicted octanol–water partition coefficient (Wildman–Crippen LogP) is 3.07. The summed E-state index contributed by atoms with van der Waals surface area (Å²) in [4.78, 5) is 39.7. The maximum atomic E-state index is 12.5. The summed E-state index contributed by atoms with van der Waals surface area (Å²) < 4.78 is 9.98. The number of methoxy groups -OCH3 is 1. The standard InChI is InChI=1S/C23H28N2O5/c1-4-17-19(21(27)29-3)15(2)20(25-17)22(28)30-13-18(26)24-14-23(11-8-12-23)16-9-6-5-7-10-16/h5-7,9-10,25H,4,8,11-14H2,1-3H3,(H,24,26). The van der Waals surface area contributed by atoms with Crippen molar-refractivity contribution in [1.29, 1.82) is 0 Å². The minimum absolute atomic E-state index is 0.0393. The zero-order valence-corrected chi connectivity index (χ0v) is 17.7. The lowest BCUT2D eigenvalue weighted by Crippen LogP contribution is -2.46. The molecule has 0 bridgehead atoms. The van der Waals surface area contributed by atoms with Crippen LogP contribution in [0, 0.1) is 6.92 Å². The molecule has 0 radical (unpaired) electrons. The van der Waals surface area contributed by atoms with Gasteiger partial charge in [0.1, 0.15) is 5.69 Å². The molecular weight excluding hydrogens is 384 g/mol. The molecule has 1 saturated carbocycles. The fourth-order valence-electron chi connectivity index (χ4n) is 3.99. The van der Waals surface area contributed by atoms with Gasteiger partial charge in [-0.25, -0.2) is 9.59 Å². The molecular formula is C23H28N2O5.